The number of amides is 1. The molecule has 0 bridgehead atoms. The summed E-state index contributed by atoms with van der Waals surface area (Å²) in [6, 6.07) is 5.42. The number of rotatable bonds is 4. The number of carbonyl (C=O) groups is 3. The highest BCUT2D eigenvalue weighted by molar-refractivity contribution is 5.98. The molecule has 1 fully saturated rings. The third kappa shape index (κ3) is 3.50. The van der Waals surface area contributed by atoms with Crippen molar-refractivity contribution in [2.24, 2.45) is 11.8 Å². The van der Waals surface area contributed by atoms with E-state index in [1.165, 1.54) is 36.1 Å². The number of carboxylic acid groups (broad SMARTS) is 1. The fourth-order valence-electron chi connectivity index (χ4n) is 2.59. The molecule has 5 nitrogen and oxygen atoms in total. The van der Waals surface area contributed by atoms with E-state index in [1.807, 2.05) is 0 Å². The Morgan fingerprint density at radius 1 is 1.18 bits per heavy atom. The van der Waals surface area contributed by atoms with E-state index in [4.69, 9.17) is 5.11 Å². The van der Waals surface area contributed by atoms with Gasteiger partial charge in [-0.1, -0.05) is 0 Å². The Hall–Kier alpha value is -2.24. The number of Topliss-reactive ketones (excluding diaryl/α,β-unsaturated/α-hetero) is 1. The van der Waals surface area contributed by atoms with Crippen LogP contribution in [0.2, 0.25) is 0 Å². The molecule has 2 rings (SSSR count). The van der Waals surface area contributed by atoms with Crippen LogP contribution in [0.1, 0.15) is 30.1 Å². The third-order valence-corrected chi connectivity index (χ3v) is 4.05. The van der Waals surface area contributed by atoms with Crippen LogP contribution in [-0.2, 0) is 9.59 Å². The lowest BCUT2D eigenvalue weighted by Crippen LogP contribution is -2.44. The maximum Gasteiger partial charge on any atom is 0.315 e. The van der Waals surface area contributed by atoms with Crippen LogP contribution in [0.15, 0.2) is 24.3 Å². The van der Waals surface area contributed by atoms with Crippen molar-refractivity contribution in [2.75, 3.05) is 13.1 Å². The van der Waals surface area contributed by atoms with Gasteiger partial charge >= 0.3 is 5.97 Å². The normalized spacial score (nSPS) is 17.1. The van der Waals surface area contributed by atoms with E-state index in [0.29, 0.717) is 31.5 Å². The van der Waals surface area contributed by atoms with E-state index in [0.717, 1.165) is 0 Å². The minimum Gasteiger partial charge on any atom is -0.481 e. The summed E-state index contributed by atoms with van der Waals surface area (Å²) < 4.78 is 12.9. The van der Waals surface area contributed by atoms with Gasteiger partial charge in [-0.25, -0.2) is 4.39 Å². The third-order valence-electron chi connectivity index (χ3n) is 4.05. The number of carbonyl (C=O) groups excluding carboxylic acids is 2. The number of hydrogen-bond acceptors (Lipinski definition) is 3. The smallest absolute Gasteiger partial charge is 0.315 e. The van der Waals surface area contributed by atoms with Crippen molar-refractivity contribution in [1.82, 2.24) is 4.90 Å². The first-order valence-electron chi connectivity index (χ1n) is 7.21. The second kappa shape index (κ2) is 6.68. The minimum atomic E-state index is -1.14. The minimum absolute atomic E-state index is 0.0571. The molecule has 0 aliphatic carbocycles. The average molecular weight is 307 g/mol. The topological polar surface area (TPSA) is 74.7 Å². The molecule has 1 heterocycles. The van der Waals surface area contributed by atoms with Gasteiger partial charge in [-0.15, -0.1) is 0 Å². The fraction of sp³-hybridized carbons (Fsp3) is 0.438. The van der Waals surface area contributed by atoms with Crippen LogP contribution in [0.5, 0.6) is 0 Å². The number of hydrogen-bond donors (Lipinski definition) is 1. The molecule has 1 atom stereocenters. The van der Waals surface area contributed by atoms with Crippen LogP contribution in [0.25, 0.3) is 0 Å². The highest BCUT2D eigenvalue weighted by Crippen LogP contribution is 2.23. The Bertz CT molecular complexity index is 576. The number of aliphatic carboxylic acids is 1. The lowest BCUT2D eigenvalue weighted by atomic mass is 9.88. The Morgan fingerprint density at radius 2 is 1.73 bits per heavy atom. The van der Waals surface area contributed by atoms with Gasteiger partial charge in [0.1, 0.15) is 11.7 Å². The average Bonchev–Trinajstić information content (AvgIpc) is 2.53. The van der Waals surface area contributed by atoms with Crippen LogP contribution < -0.4 is 0 Å². The highest BCUT2D eigenvalue weighted by Gasteiger charge is 2.31. The van der Waals surface area contributed by atoms with Gasteiger partial charge in [0.15, 0.2) is 5.78 Å². The van der Waals surface area contributed by atoms with Gasteiger partial charge in [-0.3, -0.25) is 14.4 Å². The summed E-state index contributed by atoms with van der Waals surface area (Å²) in [5, 5.41) is 8.86. The SMILES string of the molecule is CC(C(=O)O)C(=O)N1CCC(C(=O)c2ccc(F)cc2)CC1. The van der Waals surface area contributed by atoms with Crippen molar-refractivity contribution in [3.8, 4) is 0 Å². The van der Waals surface area contributed by atoms with E-state index in [9.17, 15) is 18.8 Å². The van der Waals surface area contributed by atoms with Crippen LogP contribution in [0, 0.1) is 17.7 Å². The Kier molecular flexibility index (Phi) is 4.90. The second-order valence-electron chi connectivity index (χ2n) is 5.53. The maximum absolute atomic E-state index is 12.9. The molecule has 1 aromatic rings. The number of carboxylic acids is 1. The Balaban J connectivity index is 1.94. The van der Waals surface area contributed by atoms with Crippen molar-refractivity contribution in [3.63, 3.8) is 0 Å². The first kappa shape index (κ1) is 16.1. The molecule has 22 heavy (non-hydrogen) atoms. The predicted octanol–water partition coefficient (Wildman–Crippen LogP) is 1.97. The summed E-state index contributed by atoms with van der Waals surface area (Å²) in [5.41, 5.74) is 0.463. The van der Waals surface area contributed by atoms with Crippen LogP contribution in [-0.4, -0.2) is 40.8 Å². The van der Waals surface area contributed by atoms with Gasteiger partial charge in [0.05, 0.1) is 0 Å². The highest BCUT2D eigenvalue weighted by atomic mass is 19.1. The van der Waals surface area contributed by atoms with Crippen molar-refractivity contribution >= 4 is 17.7 Å². The summed E-state index contributed by atoms with van der Waals surface area (Å²) in [5.74, 6) is -3.29. The quantitative estimate of drug-likeness (QED) is 0.681. The molecular weight excluding hydrogens is 289 g/mol. The lowest BCUT2D eigenvalue weighted by Gasteiger charge is -2.32. The van der Waals surface area contributed by atoms with Gasteiger partial charge in [-0.2, -0.15) is 0 Å². The standard InChI is InChI=1S/C16H18FNO4/c1-10(16(21)22)15(20)18-8-6-12(7-9-18)14(19)11-2-4-13(17)5-3-11/h2-5,10,12H,6-9H2,1H3,(H,21,22). The molecule has 6 heteroatoms. The van der Waals surface area contributed by atoms with E-state index in [2.05, 4.69) is 0 Å². The summed E-state index contributed by atoms with van der Waals surface area (Å²) in [6.45, 7) is 2.10. The molecule has 0 spiro atoms. The molecule has 1 unspecified atom stereocenters. The maximum atomic E-state index is 12.9. The lowest BCUT2D eigenvalue weighted by molar-refractivity contribution is -0.150. The summed E-state index contributed by atoms with van der Waals surface area (Å²) in [4.78, 5) is 36.6. The van der Waals surface area contributed by atoms with E-state index in [-0.39, 0.29) is 17.5 Å². The zero-order valence-corrected chi connectivity index (χ0v) is 12.3. The summed E-state index contributed by atoms with van der Waals surface area (Å²) >= 11 is 0. The van der Waals surface area contributed by atoms with Crippen LogP contribution >= 0.6 is 0 Å². The van der Waals surface area contributed by atoms with Crippen LogP contribution in [0.3, 0.4) is 0 Å². The molecule has 0 radical (unpaired) electrons. The summed E-state index contributed by atoms with van der Waals surface area (Å²) in [7, 11) is 0. The molecule has 1 aliphatic heterocycles. The van der Waals surface area contributed by atoms with Gasteiger partial charge in [-0.05, 0) is 44.0 Å². The molecule has 1 aromatic carbocycles. The molecule has 1 saturated heterocycles. The number of ketones is 1. The van der Waals surface area contributed by atoms with E-state index < -0.39 is 17.8 Å². The van der Waals surface area contributed by atoms with E-state index in [1.54, 1.807) is 0 Å². The Labute approximate surface area is 127 Å². The monoisotopic (exact) mass is 307 g/mol. The molecule has 1 amide bonds. The van der Waals surface area contributed by atoms with Gasteiger partial charge in [0, 0.05) is 24.6 Å². The number of halogens is 1. The molecule has 0 aromatic heterocycles. The predicted molar refractivity (Wildman–Crippen MR) is 76.8 cm³/mol. The molecule has 1 aliphatic rings. The molecular formula is C16H18FNO4. The molecule has 0 saturated carbocycles. The number of piperidine rings is 1. The fourth-order valence-corrected chi connectivity index (χ4v) is 2.59. The molecule has 1 N–H and O–H groups in total. The van der Waals surface area contributed by atoms with Gasteiger partial charge in [0.25, 0.3) is 0 Å². The van der Waals surface area contributed by atoms with E-state index >= 15 is 0 Å². The van der Waals surface area contributed by atoms with Gasteiger partial charge in [0.2, 0.25) is 5.91 Å². The Morgan fingerprint density at radius 3 is 2.23 bits per heavy atom. The second-order valence-corrected chi connectivity index (χ2v) is 5.53. The first-order chi connectivity index (χ1) is 10.4. The van der Waals surface area contributed by atoms with Crippen molar-refractivity contribution < 1.29 is 23.9 Å². The van der Waals surface area contributed by atoms with Crippen molar-refractivity contribution in [2.45, 2.75) is 19.8 Å². The number of nitrogens with zero attached hydrogens (tertiary/aromatic N) is 1. The first-order valence-corrected chi connectivity index (χ1v) is 7.21. The summed E-state index contributed by atoms with van der Waals surface area (Å²) in [6.07, 6.45) is 0.989. The molecule has 118 valence electrons. The van der Waals surface area contributed by atoms with Gasteiger partial charge < -0.3 is 10.0 Å². The van der Waals surface area contributed by atoms with Crippen LogP contribution in [0.4, 0.5) is 4.39 Å². The number of likely N-dealkylation sites (tertiary alicyclic amines) is 1. The van der Waals surface area contributed by atoms with Crippen molar-refractivity contribution in [3.05, 3.63) is 35.6 Å². The zero-order chi connectivity index (χ0) is 16.3. The number of benzene rings is 1. The zero-order valence-electron chi connectivity index (χ0n) is 12.3. The largest absolute Gasteiger partial charge is 0.481 e. The van der Waals surface area contributed by atoms with Crippen molar-refractivity contribution in [1.29, 1.82) is 0 Å².